The Hall–Kier alpha value is -1.15. The van der Waals surface area contributed by atoms with E-state index in [2.05, 4.69) is 4.76 Å². The van der Waals surface area contributed by atoms with Crippen molar-refractivity contribution in [3.63, 3.8) is 0 Å². The van der Waals surface area contributed by atoms with Gasteiger partial charge in [0.05, 0.1) is 0 Å². The minimum atomic E-state index is -4.59. The van der Waals surface area contributed by atoms with Gasteiger partial charge in [0.15, 0.2) is 0 Å². The summed E-state index contributed by atoms with van der Waals surface area (Å²) in [6, 6.07) is 0. The molecule has 9 nitrogen and oxygen atoms in total. The van der Waals surface area contributed by atoms with Gasteiger partial charge >= 0.3 is 13.7 Å². The third kappa shape index (κ3) is 7.50. The summed E-state index contributed by atoms with van der Waals surface area (Å²) in [5.74, 6) is -1.69. The van der Waals surface area contributed by atoms with Crippen LogP contribution in [0.3, 0.4) is 0 Å². The predicted octanol–water partition coefficient (Wildman–Crippen LogP) is -2.41. The first-order valence-corrected chi connectivity index (χ1v) is 4.63. The molecular formula is C4H12N3O6P. The van der Waals surface area contributed by atoms with Crippen molar-refractivity contribution < 1.29 is 29.7 Å². The van der Waals surface area contributed by atoms with Crippen LogP contribution in [0, 0.1) is 0 Å². The molecule has 0 heterocycles. The molecule has 0 fully saturated rings. The first kappa shape index (κ1) is 15.3. The van der Waals surface area contributed by atoms with Crippen molar-refractivity contribution in [3.05, 3.63) is 0 Å². The Bertz CT molecular complexity index is 272. The zero-order valence-electron chi connectivity index (χ0n) is 7.28. The average molecular weight is 229 g/mol. The quantitative estimate of drug-likeness (QED) is 0.237. The Labute approximate surface area is 79.4 Å². The fourth-order valence-corrected chi connectivity index (χ4v) is 0.913. The Kier molecular flexibility index (Phi) is 6.08. The van der Waals surface area contributed by atoms with Gasteiger partial charge in [-0.25, -0.2) is 4.57 Å². The minimum Gasteiger partial charge on any atom is -0.480 e. The normalized spacial score (nSPS) is 11.8. The Morgan fingerprint density at radius 2 is 2.00 bits per heavy atom. The third-order valence-corrected chi connectivity index (χ3v) is 1.46. The Balaban J connectivity index is 0. The monoisotopic (exact) mass is 229 g/mol. The van der Waals surface area contributed by atoms with Gasteiger partial charge in [-0.2, -0.15) is 0 Å². The maximum Gasteiger partial charge on any atom is 0.451 e. The first-order chi connectivity index (χ1) is 5.72. The molecule has 0 radical (unpaired) electrons. The van der Waals surface area contributed by atoms with E-state index < -0.39 is 26.2 Å². The highest BCUT2D eigenvalue weighted by molar-refractivity contribution is 7.50. The summed E-state index contributed by atoms with van der Waals surface area (Å²) in [5.41, 5.74) is 5.07. The number of aliphatic carboxylic acids is 1. The van der Waals surface area contributed by atoms with Crippen LogP contribution in [-0.4, -0.2) is 50.8 Å². The average Bonchev–Trinajstić information content (AvgIpc) is 1.81. The maximum absolute atomic E-state index is 10.3. The summed E-state index contributed by atoms with van der Waals surface area (Å²) in [6.07, 6.45) is 0. The van der Waals surface area contributed by atoms with Crippen molar-refractivity contribution in [2.75, 3.05) is 13.6 Å². The lowest BCUT2D eigenvalue weighted by atomic mass is 10.6. The van der Waals surface area contributed by atoms with Gasteiger partial charge in [0, 0.05) is 7.05 Å². The number of hydrogen-bond acceptors (Lipinski definition) is 2. The predicted molar refractivity (Wildman–Crippen MR) is 47.5 cm³/mol. The highest BCUT2D eigenvalue weighted by atomic mass is 31.2. The summed E-state index contributed by atoms with van der Waals surface area (Å²) in [6.45, 7) is -0.477. The molecule has 0 atom stereocenters. The second kappa shape index (κ2) is 5.55. The van der Waals surface area contributed by atoms with Crippen LogP contribution in [0.1, 0.15) is 0 Å². The summed E-state index contributed by atoms with van der Waals surface area (Å²) in [5, 5.41) is 8.28. The maximum atomic E-state index is 10.3. The van der Waals surface area contributed by atoms with Crippen LogP contribution in [0.25, 0.3) is 0 Å². The van der Waals surface area contributed by atoms with Gasteiger partial charge in [0.2, 0.25) is 5.96 Å². The molecule has 0 aromatic heterocycles. The molecule has 0 rings (SSSR count). The molecule has 0 bridgehead atoms. The second-order valence-corrected chi connectivity index (χ2v) is 3.45. The van der Waals surface area contributed by atoms with E-state index in [1.54, 1.807) is 0 Å². The lowest BCUT2D eigenvalue weighted by Gasteiger charge is -2.14. The van der Waals surface area contributed by atoms with E-state index in [4.69, 9.17) is 20.6 Å². The van der Waals surface area contributed by atoms with E-state index in [-0.39, 0.29) is 5.48 Å². The van der Waals surface area contributed by atoms with Crippen LogP contribution in [0.4, 0.5) is 0 Å². The molecule has 0 amide bonds. The summed E-state index contributed by atoms with van der Waals surface area (Å²) >= 11 is 0. The number of hydrogen-bond donors (Lipinski definition) is 4. The van der Waals surface area contributed by atoms with E-state index >= 15 is 0 Å². The second-order valence-electron chi connectivity index (χ2n) is 2.22. The van der Waals surface area contributed by atoms with E-state index in [0.29, 0.717) is 0 Å². The van der Waals surface area contributed by atoms with E-state index in [0.717, 1.165) is 4.90 Å². The molecule has 0 spiro atoms. The molecule has 0 saturated carbocycles. The fourth-order valence-electron chi connectivity index (χ4n) is 0.494. The SMILES string of the molecule is CN(CC(=O)O)/C(N)=N/P(=O)(O)O.O. The molecule has 0 aliphatic heterocycles. The molecule has 84 valence electrons. The van der Waals surface area contributed by atoms with Crippen molar-refractivity contribution in [1.82, 2.24) is 4.90 Å². The molecule has 0 unspecified atom stereocenters. The summed E-state index contributed by atoms with van der Waals surface area (Å²) in [4.78, 5) is 27.7. The largest absolute Gasteiger partial charge is 0.480 e. The van der Waals surface area contributed by atoms with E-state index in [1.165, 1.54) is 7.05 Å². The van der Waals surface area contributed by atoms with Crippen molar-refractivity contribution in [3.8, 4) is 0 Å². The number of carboxylic acids is 1. The standard InChI is InChI=1S/C4H10N3O5P.H2O/c1-7(2-3(8)9)4(5)6-13(10,11)12;/h2H2,1H3,(H,8,9)(H4,5,6,10,11,12);1H2. The lowest BCUT2D eigenvalue weighted by Crippen LogP contribution is -2.37. The number of carbonyl (C=O) groups is 1. The van der Waals surface area contributed by atoms with Crippen LogP contribution in [0.2, 0.25) is 0 Å². The van der Waals surface area contributed by atoms with Crippen LogP contribution in [0.5, 0.6) is 0 Å². The van der Waals surface area contributed by atoms with Gasteiger partial charge < -0.3 is 31.0 Å². The van der Waals surface area contributed by atoms with Gasteiger partial charge in [0.1, 0.15) is 6.54 Å². The van der Waals surface area contributed by atoms with Crippen LogP contribution >= 0.6 is 7.75 Å². The van der Waals surface area contributed by atoms with Gasteiger partial charge in [-0.1, -0.05) is 0 Å². The molecule has 0 aliphatic carbocycles. The van der Waals surface area contributed by atoms with Gasteiger partial charge in [-0.05, 0) is 0 Å². The van der Waals surface area contributed by atoms with Gasteiger partial charge in [-0.3, -0.25) is 4.79 Å². The van der Waals surface area contributed by atoms with Crippen LogP contribution in [-0.2, 0) is 9.36 Å². The molecule has 0 aromatic carbocycles. The highest BCUT2D eigenvalue weighted by Crippen LogP contribution is 2.35. The number of carboxylic acid groups (broad SMARTS) is 1. The van der Waals surface area contributed by atoms with Crippen molar-refractivity contribution >= 4 is 19.7 Å². The molecule has 10 heteroatoms. The molecule has 0 aliphatic rings. The first-order valence-electron chi connectivity index (χ1n) is 3.06. The number of nitrogens with two attached hydrogens (primary N) is 1. The summed E-state index contributed by atoms with van der Waals surface area (Å²) in [7, 11) is -3.34. The molecular weight excluding hydrogens is 217 g/mol. The van der Waals surface area contributed by atoms with Crippen molar-refractivity contribution in [2.24, 2.45) is 10.5 Å². The summed E-state index contributed by atoms with van der Waals surface area (Å²) < 4.78 is 13.1. The molecule has 14 heavy (non-hydrogen) atoms. The van der Waals surface area contributed by atoms with Gasteiger partial charge in [-0.15, -0.1) is 4.76 Å². The smallest absolute Gasteiger partial charge is 0.451 e. The van der Waals surface area contributed by atoms with Crippen molar-refractivity contribution in [1.29, 1.82) is 0 Å². The molecule has 0 saturated heterocycles. The van der Waals surface area contributed by atoms with Gasteiger partial charge in [0.25, 0.3) is 0 Å². The third-order valence-electron chi connectivity index (χ3n) is 0.996. The highest BCUT2D eigenvalue weighted by Gasteiger charge is 2.14. The minimum absolute atomic E-state index is 0. The Morgan fingerprint density at radius 1 is 1.57 bits per heavy atom. The van der Waals surface area contributed by atoms with Crippen molar-refractivity contribution in [2.45, 2.75) is 0 Å². The van der Waals surface area contributed by atoms with E-state index in [9.17, 15) is 9.36 Å². The Morgan fingerprint density at radius 3 is 2.29 bits per heavy atom. The zero-order valence-corrected chi connectivity index (χ0v) is 8.18. The zero-order chi connectivity index (χ0) is 10.6. The lowest BCUT2D eigenvalue weighted by molar-refractivity contribution is -0.137. The molecule has 0 aromatic rings. The van der Waals surface area contributed by atoms with E-state index in [1.807, 2.05) is 0 Å². The number of rotatable bonds is 3. The number of nitrogens with zero attached hydrogens (tertiary/aromatic N) is 2. The number of guanidine groups is 1. The fraction of sp³-hybridized carbons (Fsp3) is 0.500. The van der Waals surface area contributed by atoms with Crippen LogP contribution < -0.4 is 5.73 Å². The van der Waals surface area contributed by atoms with Crippen LogP contribution in [0.15, 0.2) is 4.76 Å². The molecule has 7 N–H and O–H groups in total. The topological polar surface area (TPSA) is 168 Å². The number of likely N-dealkylation sites (N-methyl/N-ethyl adjacent to an activating group) is 1.